The first-order valence-electron chi connectivity index (χ1n) is 7.32. The summed E-state index contributed by atoms with van der Waals surface area (Å²) in [5.41, 5.74) is 1.11. The van der Waals surface area contributed by atoms with Gasteiger partial charge in [-0.05, 0) is 24.6 Å². The van der Waals surface area contributed by atoms with Crippen LogP contribution in [0.5, 0.6) is 0 Å². The Hall–Kier alpha value is -0.540. The Balaban J connectivity index is 0.00000484. The van der Waals surface area contributed by atoms with Crippen molar-refractivity contribution in [2.24, 2.45) is 4.99 Å². The molecular formula is C15H25ClIN3O2S. The number of rotatable bonds is 7. The van der Waals surface area contributed by atoms with Gasteiger partial charge in [-0.1, -0.05) is 30.7 Å². The van der Waals surface area contributed by atoms with E-state index in [1.54, 1.807) is 6.92 Å². The van der Waals surface area contributed by atoms with Gasteiger partial charge in [-0.15, -0.1) is 24.0 Å². The fraction of sp³-hybridized carbons (Fsp3) is 0.533. The lowest BCUT2D eigenvalue weighted by molar-refractivity contribution is 0.477. The Kier molecular flexibility index (Phi) is 10.8. The van der Waals surface area contributed by atoms with E-state index in [-0.39, 0.29) is 42.0 Å². The lowest BCUT2D eigenvalue weighted by atomic mass is 10.2. The zero-order valence-corrected chi connectivity index (χ0v) is 17.7. The number of nitrogens with zero attached hydrogens (tertiary/aromatic N) is 2. The van der Waals surface area contributed by atoms with Crippen molar-refractivity contribution in [3.63, 3.8) is 0 Å². The van der Waals surface area contributed by atoms with Gasteiger partial charge in [-0.25, -0.2) is 8.42 Å². The van der Waals surface area contributed by atoms with Gasteiger partial charge < -0.3 is 10.2 Å². The molecule has 0 bridgehead atoms. The maximum atomic E-state index is 11.5. The van der Waals surface area contributed by atoms with Crippen LogP contribution in [0.2, 0.25) is 5.02 Å². The first kappa shape index (κ1) is 22.5. The molecule has 0 unspecified atom stereocenters. The number of hydrogen-bond donors (Lipinski definition) is 1. The van der Waals surface area contributed by atoms with Crippen LogP contribution in [0.4, 0.5) is 0 Å². The molecule has 0 radical (unpaired) electrons. The molecule has 0 saturated heterocycles. The third-order valence-electron chi connectivity index (χ3n) is 3.13. The number of nitrogens with one attached hydrogen (secondary N) is 1. The van der Waals surface area contributed by atoms with Gasteiger partial charge in [0, 0.05) is 30.9 Å². The summed E-state index contributed by atoms with van der Waals surface area (Å²) in [6.07, 6.45) is 0. The zero-order chi connectivity index (χ0) is 16.6. The highest BCUT2D eigenvalue weighted by Crippen LogP contribution is 2.11. The second-order valence-corrected chi connectivity index (χ2v) is 7.86. The van der Waals surface area contributed by atoms with Crippen molar-refractivity contribution in [1.82, 2.24) is 10.2 Å². The average Bonchev–Trinajstić information content (AvgIpc) is 2.48. The summed E-state index contributed by atoms with van der Waals surface area (Å²) in [6, 6.07) is 7.62. The zero-order valence-electron chi connectivity index (χ0n) is 13.8. The van der Waals surface area contributed by atoms with Crippen molar-refractivity contribution >= 4 is 51.4 Å². The first-order valence-corrected chi connectivity index (χ1v) is 9.52. The largest absolute Gasteiger partial charge is 0.357 e. The Morgan fingerprint density at radius 1 is 1.26 bits per heavy atom. The van der Waals surface area contributed by atoms with E-state index in [2.05, 4.69) is 10.3 Å². The van der Waals surface area contributed by atoms with Gasteiger partial charge in [0.05, 0.1) is 12.3 Å². The SMILES string of the molecule is CCNC(=NCCS(=O)(=O)CC)N(C)Cc1ccc(Cl)cc1.I. The third kappa shape index (κ3) is 8.76. The molecule has 0 atom stereocenters. The number of halogens is 2. The first-order chi connectivity index (χ1) is 10.4. The van der Waals surface area contributed by atoms with Crippen LogP contribution in [0.25, 0.3) is 0 Å². The predicted octanol–water partition coefficient (Wildman–Crippen LogP) is 2.79. The highest BCUT2D eigenvalue weighted by atomic mass is 127. The number of sulfone groups is 1. The predicted molar refractivity (Wildman–Crippen MR) is 109 cm³/mol. The molecule has 1 rings (SSSR count). The molecule has 1 N–H and O–H groups in total. The van der Waals surface area contributed by atoms with Gasteiger partial charge in [0.25, 0.3) is 0 Å². The molecule has 0 saturated carbocycles. The van der Waals surface area contributed by atoms with Gasteiger partial charge in [0.15, 0.2) is 15.8 Å². The summed E-state index contributed by atoms with van der Waals surface area (Å²) in [5.74, 6) is 0.927. The van der Waals surface area contributed by atoms with Gasteiger partial charge in [0.1, 0.15) is 0 Å². The minimum absolute atomic E-state index is 0. The number of hydrogen-bond acceptors (Lipinski definition) is 3. The Labute approximate surface area is 161 Å². The van der Waals surface area contributed by atoms with Crippen molar-refractivity contribution in [3.05, 3.63) is 34.9 Å². The molecule has 0 fully saturated rings. The van der Waals surface area contributed by atoms with Gasteiger partial charge in [0.2, 0.25) is 0 Å². The van der Waals surface area contributed by atoms with E-state index in [9.17, 15) is 8.42 Å². The molecule has 1 aromatic carbocycles. The normalized spacial score (nSPS) is 11.7. The smallest absolute Gasteiger partial charge is 0.193 e. The second kappa shape index (κ2) is 11.1. The van der Waals surface area contributed by atoms with E-state index < -0.39 is 9.84 Å². The van der Waals surface area contributed by atoms with E-state index in [1.807, 2.05) is 43.1 Å². The van der Waals surface area contributed by atoms with Crippen LogP contribution in [-0.4, -0.2) is 50.9 Å². The molecule has 132 valence electrons. The lowest BCUT2D eigenvalue weighted by Crippen LogP contribution is -2.38. The van der Waals surface area contributed by atoms with E-state index >= 15 is 0 Å². The van der Waals surface area contributed by atoms with Gasteiger partial charge in [-0.3, -0.25) is 4.99 Å². The molecule has 0 spiro atoms. The quantitative estimate of drug-likeness (QED) is 0.376. The van der Waals surface area contributed by atoms with E-state index in [4.69, 9.17) is 11.6 Å². The van der Waals surface area contributed by atoms with Crippen LogP contribution >= 0.6 is 35.6 Å². The Bertz CT molecular complexity index is 591. The van der Waals surface area contributed by atoms with Crippen LogP contribution in [-0.2, 0) is 16.4 Å². The summed E-state index contributed by atoms with van der Waals surface area (Å²) in [4.78, 5) is 6.35. The molecule has 0 aliphatic heterocycles. The van der Waals surface area contributed by atoms with Crippen LogP contribution < -0.4 is 5.32 Å². The highest BCUT2D eigenvalue weighted by Gasteiger charge is 2.09. The maximum absolute atomic E-state index is 11.5. The minimum atomic E-state index is -2.99. The Morgan fingerprint density at radius 3 is 2.39 bits per heavy atom. The fourth-order valence-corrected chi connectivity index (χ4v) is 2.63. The van der Waals surface area contributed by atoms with E-state index in [0.717, 1.165) is 12.1 Å². The van der Waals surface area contributed by atoms with Crippen LogP contribution in [0.3, 0.4) is 0 Å². The van der Waals surface area contributed by atoms with Gasteiger partial charge in [-0.2, -0.15) is 0 Å². The van der Waals surface area contributed by atoms with Crippen molar-refractivity contribution in [2.45, 2.75) is 20.4 Å². The van der Waals surface area contributed by atoms with Gasteiger partial charge >= 0.3 is 0 Å². The molecule has 8 heteroatoms. The summed E-state index contributed by atoms with van der Waals surface area (Å²) < 4.78 is 23.0. The van der Waals surface area contributed by atoms with Crippen LogP contribution in [0.15, 0.2) is 29.3 Å². The lowest BCUT2D eigenvalue weighted by Gasteiger charge is -2.22. The topological polar surface area (TPSA) is 61.8 Å². The third-order valence-corrected chi connectivity index (χ3v) is 5.07. The van der Waals surface area contributed by atoms with Crippen LogP contribution in [0.1, 0.15) is 19.4 Å². The summed E-state index contributed by atoms with van der Waals surface area (Å²) in [7, 11) is -1.07. The second-order valence-electron chi connectivity index (χ2n) is 4.95. The molecule has 23 heavy (non-hydrogen) atoms. The summed E-state index contributed by atoms with van der Waals surface area (Å²) in [6.45, 7) is 5.29. The molecule has 1 aromatic rings. The van der Waals surface area contributed by atoms with Crippen LogP contribution in [0, 0.1) is 0 Å². The number of aliphatic imine (C=N–C) groups is 1. The standard InChI is InChI=1S/C15H24ClN3O2S.HI/c1-4-17-15(18-10-11-22(20,21)5-2)19(3)12-13-6-8-14(16)9-7-13;/h6-9H,4-5,10-12H2,1-3H3,(H,17,18);1H. The number of guanidine groups is 1. The minimum Gasteiger partial charge on any atom is -0.357 e. The monoisotopic (exact) mass is 473 g/mol. The molecule has 0 aliphatic rings. The van der Waals surface area contributed by atoms with Crippen molar-refractivity contribution in [2.75, 3.05) is 31.6 Å². The summed E-state index contributed by atoms with van der Waals surface area (Å²) >= 11 is 5.88. The molecule has 0 aliphatic carbocycles. The maximum Gasteiger partial charge on any atom is 0.193 e. The fourth-order valence-electron chi connectivity index (χ4n) is 1.84. The number of benzene rings is 1. The molecule has 0 heterocycles. The van der Waals surface area contributed by atoms with E-state index in [0.29, 0.717) is 17.5 Å². The van der Waals surface area contributed by atoms with Crippen molar-refractivity contribution < 1.29 is 8.42 Å². The van der Waals surface area contributed by atoms with E-state index in [1.165, 1.54) is 0 Å². The molecular weight excluding hydrogens is 449 g/mol. The molecule has 0 amide bonds. The molecule has 5 nitrogen and oxygen atoms in total. The Morgan fingerprint density at radius 2 is 1.87 bits per heavy atom. The molecule has 0 aromatic heterocycles. The average molecular weight is 474 g/mol. The summed E-state index contributed by atoms with van der Waals surface area (Å²) in [5, 5.41) is 3.88. The highest BCUT2D eigenvalue weighted by molar-refractivity contribution is 14.0. The van der Waals surface area contributed by atoms with Crippen molar-refractivity contribution in [3.8, 4) is 0 Å². The van der Waals surface area contributed by atoms with Crippen molar-refractivity contribution in [1.29, 1.82) is 0 Å².